The molecule has 0 bridgehead atoms. The van der Waals surface area contributed by atoms with E-state index in [1.807, 2.05) is 0 Å². The van der Waals surface area contributed by atoms with E-state index in [4.69, 9.17) is 4.74 Å². The molecule has 0 aromatic carbocycles. The molecule has 1 heteroatoms. The Labute approximate surface area is 119 Å². The van der Waals surface area contributed by atoms with E-state index < -0.39 is 0 Å². The molecule has 0 aliphatic heterocycles. The van der Waals surface area contributed by atoms with Crippen LogP contribution in [0.4, 0.5) is 0 Å². The molecule has 0 radical (unpaired) electrons. The fourth-order valence-electron chi connectivity index (χ4n) is 5.37. The molecule has 1 nitrogen and oxygen atoms in total. The highest BCUT2D eigenvalue weighted by molar-refractivity contribution is 4.89. The van der Waals surface area contributed by atoms with Crippen LogP contribution in [0.15, 0.2) is 0 Å². The first-order chi connectivity index (χ1) is 9.38. The molecule has 0 spiro atoms. The van der Waals surface area contributed by atoms with Crippen LogP contribution in [0.3, 0.4) is 0 Å². The summed E-state index contributed by atoms with van der Waals surface area (Å²) in [6.07, 6.45) is 16.9. The maximum absolute atomic E-state index is 6.24. The van der Waals surface area contributed by atoms with Gasteiger partial charge in [0.15, 0.2) is 0 Å². The van der Waals surface area contributed by atoms with E-state index in [1.165, 1.54) is 70.6 Å². The predicted molar refractivity (Wildman–Crippen MR) is 80.2 cm³/mol. The van der Waals surface area contributed by atoms with Crippen LogP contribution in [0.25, 0.3) is 0 Å². The summed E-state index contributed by atoms with van der Waals surface area (Å²) in [4.78, 5) is 0. The summed E-state index contributed by atoms with van der Waals surface area (Å²) in [6, 6.07) is 0. The molecule has 0 N–H and O–H groups in total. The van der Waals surface area contributed by atoms with Crippen molar-refractivity contribution in [3.8, 4) is 0 Å². The Morgan fingerprint density at radius 2 is 1.37 bits per heavy atom. The molecule has 0 heterocycles. The van der Waals surface area contributed by atoms with Gasteiger partial charge in [-0.3, -0.25) is 0 Å². The minimum atomic E-state index is 0.598. The highest BCUT2D eigenvalue weighted by Crippen LogP contribution is 2.46. The Bertz CT molecular complexity index is 273. The molecule has 3 rings (SSSR count). The maximum atomic E-state index is 6.24. The monoisotopic (exact) mass is 264 g/mol. The fourth-order valence-corrected chi connectivity index (χ4v) is 5.37. The zero-order valence-corrected chi connectivity index (χ0v) is 12.8. The van der Waals surface area contributed by atoms with Gasteiger partial charge in [-0.1, -0.05) is 44.9 Å². The van der Waals surface area contributed by atoms with Crippen LogP contribution in [-0.2, 0) is 4.74 Å². The quantitative estimate of drug-likeness (QED) is 0.667. The lowest BCUT2D eigenvalue weighted by Gasteiger charge is -2.44. The highest BCUT2D eigenvalue weighted by Gasteiger charge is 2.38. The van der Waals surface area contributed by atoms with Crippen molar-refractivity contribution in [2.75, 3.05) is 6.61 Å². The molecule has 0 aromatic heterocycles. The Kier molecular flexibility index (Phi) is 4.84. The van der Waals surface area contributed by atoms with Gasteiger partial charge >= 0.3 is 0 Å². The van der Waals surface area contributed by atoms with Gasteiger partial charge in [0.25, 0.3) is 0 Å². The minimum Gasteiger partial charge on any atom is -0.378 e. The van der Waals surface area contributed by atoms with Crippen LogP contribution in [0.2, 0.25) is 0 Å². The highest BCUT2D eigenvalue weighted by atomic mass is 16.5. The van der Waals surface area contributed by atoms with E-state index in [0.29, 0.717) is 6.10 Å². The summed E-state index contributed by atoms with van der Waals surface area (Å²) in [7, 11) is 0. The van der Waals surface area contributed by atoms with Gasteiger partial charge in [0.1, 0.15) is 0 Å². The average molecular weight is 264 g/mol. The molecular weight excluding hydrogens is 232 g/mol. The largest absolute Gasteiger partial charge is 0.378 e. The SMILES string of the molecule is CCOC1CC2CCCCC2CCC2CCCCC21. The standard InChI is InChI=1S/C18H32O/c1-2-19-18-13-16-9-4-3-7-14(16)11-12-15-8-5-6-10-17(15)18/h14-18H,2-13H2,1H3. The summed E-state index contributed by atoms with van der Waals surface area (Å²) in [5.41, 5.74) is 0. The van der Waals surface area contributed by atoms with Crippen LogP contribution in [0.5, 0.6) is 0 Å². The number of rotatable bonds is 2. The zero-order chi connectivity index (χ0) is 13.1. The Morgan fingerprint density at radius 1 is 0.737 bits per heavy atom. The number of hydrogen-bond acceptors (Lipinski definition) is 1. The third kappa shape index (κ3) is 3.17. The van der Waals surface area contributed by atoms with Gasteiger partial charge in [0.05, 0.1) is 6.10 Å². The Balaban J connectivity index is 1.73. The topological polar surface area (TPSA) is 9.23 Å². The normalized spacial score (nSPS) is 43.7. The lowest BCUT2D eigenvalue weighted by molar-refractivity contribution is -0.0509. The van der Waals surface area contributed by atoms with Gasteiger partial charge in [-0.2, -0.15) is 0 Å². The van der Waals surface area contributed by atoms with Crippen molar-refractivity contribution < 1.29 is 4.74 Å². The van der Waals surface area contributed by atoms with Crippen molar-refractivity contribution >= 4 is 0 Å². The second-order valence-corrected chi connectivity index (χ2v) is 7.32. The van der Waals surface area contributed by atoms with E-state index in [1.54, 1.807) is 0 Å². The van der Waals surface area contributed by atoms with E-state index in [2.05, 4.69) is 6.92 Å². The van der Waals surface area contributed by atoms with Crippen LogP contribution < -0.4 is 0 Å². The van der Waals surface area contributed by atoms with Gasteiger partial charge in [-0.05, 0) is 56.3 Å². The molecule has 0 saturated heterocycles. The molecule has 110 valence electrons. The maximum Gasteiger partial charge on any atom is 0.0608 e. The van der Waals surface area contributed by atoms with Crippen molar-refractivity contribution in [3.05, 3.63) is 0 Å². The number of ether oxygens (including phenoxy) is 1. The van der Waals surface area contributed by atoms with Gasteiger partial charge in [-0.15, -0.1) is 0 Å². The Hall–Kier alpha value is -0.0400. The second-order valence-electron chi connectivity index (χ2n) is 7.32. The average Bonchev–Trinajstić information content (AvgIpc) is 2.44. The smallest absolute Gasteiger partial charge is 0.0608 e. The van der Waals surface area contributed by atoms with Crippen LogP contribution >= 0.6 is 0 Å². The molecular formula is C18H32O. The predicted octanol–water partition coefficient (Wildman–Crippen LogP) is 5.19. The van der Waals surface area contributed by atoms with Crippen LogP contribution in [0, 0.1) is 23.7 Å². The van der Waals surface area contributed by atoms with Crippen LogP contribution in [0.1, 0.15) is 77.6 Å². The summed E-state index contributed by atoms with van der Waals surface area (Å²) < 4.78 is 6.24. The van der Waals surface area contributed by atoms with Crippen molar-refractivity contribution in [2.24, 2.45) is 23.7 Å². The van der Waals surface area contributed by atoms with Crippen molar-refractivity contribution in [2.45, 2.75) is 83.7 Å². The van der Waals surface area contributed by atoms with Crippen molar-refractivity contribution in [1.29, 1.82) is 0 Å². The Morgan fingerprint density at radius 3 is 2.16 bits per heavy atom. The zero-order valence-electron chi connectivity index (χ0n) is 12.8. The molecule has 5 unspecified atom stereocenters. The molecule has 3 fully saturated rings. The van der Waals surface area contributed by atoms with E-state index in [0.717, 1.165) is 30.3 Å². The van der Waals surface area contributed by atoms with E-state index >= 15 is 0 Å². The number of hydrogen-bond donors (Lipinski definition) is 0. The first-order valence-electron chi connectivity index (χ1n) is 9.00. The molecule has 0 aromatic rings. The molecule has 3 aliphatic carbocycles. The number of fused-ring (bicyclic) bond motifs is 2. The van der Waals surface area contributed by atoms with Crippen molar-refractivity contribution in [1.82, 2.24) is 0 Å². The fraction of sp³-hybridized carbons (Fsp3) is 1.00. The molecule has 0 amide bonds. The van der Waals surface area contributed by atoms with Gasteiger partial charge < -0.3 is 4.74 Å². The molecule has 5 atom stereocenters. The molecule has 3 aliphatic rings. The summed E-state index contributed by atoms with van der Waals surface area (Å²) in [5.74, 6) is 3.93. The van der Waals surface area contributed by atoms with Gasteiger partial charge in [-0.25, -0.2) is 0 Å². The van der Waals surface area contributed by atoms with E-state index in [9.17, 15) is 0 Å². The minimum absolute atomic E-state index is 0.598. The second kappa shape index (κ2) is 6.61. The first-order valence-corrected chi connectivity index (χ1v) is 9.00. The van der Waals surface area contributed by atoms with Crippen molar-refractivity contribution in [3.63, 3.8) is 0 Å². The van der Waals surface area contributed by atoms with Crippen LogP contribution in [-0.4, -0.2) is 12.7 Å². The third-order valence-corrected chi connectivity index (χ3v) is 6.34. The lowest BCUT2D eigenvalue weighted by Crippen LogP contribution is -2.39. The van der Waals surface area contributed by atoms with E-state index in [-0.39, 0.29) is 0 Å². The first kappa shape index (κ1) is 13.9. The van der Waals surface area contributed by atoms with Gasteiger partial charge in [0.2, 0.25) is 0 Å². The van der Waals surface area contributed by atoms with Gasteiger partial charge in [0, 0.05) is 6.61 Å². The third-order valence-electron chi connectivity index (χ3n) is 6.34. The summed E-state index contributed by atoms with van der Waals surface area (Å²) in [6.45, 7) is 3.11. The molecule has 19 heavy (non-hydrogen) atoms. The molecule has 3 saturated carbocycles. The summed E-state index contributed by atoms with van der Waals surface area (Å²) >= 11 is 0. The summed E-state index contributed by atoms with van der Waals surface area (Å²) in [5, 5.41) is 0. The lowest BCUT2D eigenvalue weighted by atomic mass is 9.64.